The highest BCUT2D eigenvalue weighted by atomic mass is 32.1. The normalized spacial score (nSPS) is 17.6. The third-order valence-electron chi connectivity index (χ3n) is 5.29. The number of nitriles is 1. The number of para-hydroxylation sites is 1. The van der Waals surface area contributed by atoms with Gasteiger partial charge >= 0.3 is 5.97 Å². The van der Waals surface area contributed by atoms with E-state index in [1.807, 2.05) is 36.4 Å². The molecule has 2 aromatic carbocycles. The highest BCUT2D eigenvalue weighted by Gasteiger charge is 2.42. The van der Waals surface area contributed by atoms with Crippen molar-refractivity contribution in [3.8, 4) is 17.5 Å². The lowest BCUT2D eigenvalue weighted by molar-refractivity contribution is -0.123. The van der Waals surface area contributed by atoms with Crippen molar-refractivity contribution < 1.29 is 19.1 Å². The molecule has 2 heterocycles. The maximum atomic E-state index is 12.8. The summed E-state index contributed by atoms with van der Waals surface area (Å²) in [6, 6.07) is 18.2. The second-order valence-electron chi connectivity index (χ2n) is 7.31. The number of anilines is 1. The van der Waals surface area contributed by atoms with Crippen LogP contribution in [0.1, 0.15) is 29.1 Å². The Labute approximate surface area is 201 Å². The van der Waals surface area contributed by atoms with Crippen LogP contribution in [-0.2, 0) is 9.53 Å². The summed E-state index contributed by atoms with van der Waals surface area (Å²) in [4.78, 5) is 27.4. The van der Waals surface area contributed by atoms with Crippen LogP contribution in [0.15, 0.2) is 60.8 Å². The molecule has 0 aliphatic carbocycles. The zero-order valence-corrected chi connectivity index (χ0v) is 19.3. The van der Waals surface area contributed by atoms with Gasteiger partial charge in [-0.2, -0.15) is 10.4 Å². The number of aromatic nitrogens is 2. The Bertz CT molecular complexity index is 1270. The lowest BCUT2D eigenvalue weighted by atomic mass is 10.0. The Kier molecular flexibility index (Phi) is 6.56. The fourth-order valence-corrected chi connectivity index (χ4v) is 4.04. The number of nitrogens with zero attached hydrogens (tertiary/aromatic N) is 4. The fourth-order valence-electron chi connectivity index (χ4n) is 3.67. The molecule has 0 unspecified atom stereocenters. The van der Waals surface area contributed by atoms with Crippen molar-refractivity contribution in [2.24, 2.45) is 5.92 Å². The van der Waals surface area contributed by atoms with Crippen LogP contribution in [0.2, 0.25) is 0 Å². The van der Waals surface area contributed by atoms with E-state index in [9.17, 15) is 14.9 Å². The summed E-state index contributed by atoms with van der Waals surface area (Å²) in [6.07, 6.45) is 0.758. The molecule has 1 aliphatic rings. The van der Waals surface area contributed by atoms with Crippen LogP contribution in [0.4, 0.5) is 5.69 Å². The molecule has 0 spiro atoms. The van der Waals surface area contributed by atoms with E-state index in [2.05, 4.69) is 10.4 Å². The molecule has 34 heavy (non-hydrogen) atoms. The minimum atomic E-state index is -1.16. The molecule has 1 aromatic heterocycles. The van der Waals surface area contributed by atoms with E-state index < -0.39 is 24.0 Å². The SMILES string of the molecule is CCOC(=O)c1nn(-c2ccccc2)cc1[C@@H]1NC(=O)[C@@H](C#N)C(=S)N1c1ccc(OC)cc1. The first-order chi connectivity index (χ1) is 16.5. The van der Waals surface area contributed by atoms with Gasteiger partial charge in [0.05, 0.1) is 25.5 Å². The number of rotatable bonds is 6. The average molecular weight is 476 g/mol. The molecule has 2 atom stereocenters. The maximum Gasteiger partial charge on any atom is 0.359 e. The molecule has 0 bridgehead atoms. The first-order valence-electron chi connectivity index (χ1n) is 10.5. The Morgan fingerprint density at radius 1 is 1.18 bits per heavy atom. The molecular formula is C24H21N5O4S. The first kappa shape index (κ1) is 22.9. The molecule has 0 saturated carbocycles. The van der Waals surface area contributed by atoms with E-state index in [4.69, 9.17) is 21.7 Å². The van der Waals surface area contributed by atoms with Gasteiger partial charge in [-0.15, -0.1) is 0 Å². The number of ether oxygens (including phenoxy) is 2. The van der Waals surface area contributed by atoms with Crippen molar-refractivity contribution in [1.29, 1.82) is 5.26 Å². The predicted octanol–water partition coefficient (Wildman–Crippen LogP) is 3.16. The van der Waals surface area contributed by atoms with E-state index in [-0.39, 0.29) is 17.3 Å². The quantitative estimate of drug-likeness (QED) is 0.428. The number of methoxy groups -OCH3 is 1. The van der Waals surface area contributed by atoms with E-state index in [1.165, 1.54) is 0 Å². The van der Waals surface area contributed by atoms with Gasteiger partial charge in [0.2, 0.25) is 5.91 Å². The Morgan fingerprint density at radius 3 is 2.50 bits per heavy atom. The van der Waals surface area contributed by atoms with Crippen LogP contribution in [-0.4, -0.2) is 40.4 Å². The number of carbonyl (C=O) groups excluding carboxylic acids is 2. The van der Waals surface area contributed by atoms with Crippen molar-refractivity contribution in [1.82, 2.24) is 15.1 Å². The molecule has 3 aromatic rings. The molecule has 1 saturated heterocycles. The standard InChI is InChI=1S/C24H21N5O4S/c1-3-33-24(31)20-19(14-28(27-20)15-7-5-4-6-8-15)21-26-22(30)18(13-25)23(34)29(21)16-9-11-17(32-2)12-10-16/h4-12,14,18,21H,3H2,1-2H3,(H,26,30)/t18-,21-/m1/s1. The molecular weight excluding hydrogens is 454 g/mol. The number of hydrogen-bond acceptors (Lipinski definition) is 7. The largest absolute Gasteiger partial charge is 0.497 e. The van der Waals surface area contributed by atoms with Gasteiger partial charge in [-0.25, -0.2) is 9.48 Å². The zero-order valence-electron chi connectivity index (χ0n) is 18.5. The predicted molar refractivity (Wildman–Crippen MR) is 128 cm³/mol. The summed E-state index contributed by atoms with van der Waals surface area (Å²) in [6.45, 7) is 1.86. The average Bonchev–Trinajstić information content (AvgIpc) is 3.30. The van der Waals surface area contributed by atoms with Gasteiger partial charge in [0, 0.05) is 17.4 Å². The second-order valence-corrected chi connectivity index (χ2v) is 7.73. The van der Waals surface area contributed by atoms with Gasteiger partial charge in [-0.05, 0) is 43.3 Å². The van der Waals surface area contributed by atoms with Crippen LogP contribution in [0.25, 0.3) is 5.69 Å². The Balaban J connectivity index is 1.87. The molecule has 1 N–H and O–H groups in total. The summed E-state index contributed by atoms with van der Waals surface area (Å²) in [5, 5.41) is 16.8. The van der Waals surface area contributed by atoms with Gasteiger partial charge in [-0.1, -0.05) is 30.4 Å². The van der Waals surface area contributed by atoms with Crippen LogP contribution >= 0.6 is 12.2 Å². The smallest absolute Gasteiger partial charge is 0.359 e. The van der Waals surface area contributed by atoms with Crippen molar-refractivity contribution >= 4 is 34.8 Å². The Hall–Kier alpha value is -4.23. The molecule has 1 aliphatic heterocycles. The van der Waals surface area contributed by atoms with Crippen molar-refractivity contribution in [2.45, 2.75) is 13.1 Å². The summed E-state index contributed by atoms with van der Waals surface area (Å²) >= 11 is 5.57. The number of nitrogens with one attached hydrogen (secondary N) is 1. The number of amides is 1. The Morgan fingerprint density at radius 2 is 1.88 bits per heavy atom. The minimum absolute atomic E-state index is 0.0349. The van der Waals surface area contributed by atoms with E-state index in [0.29, 0.717) is 17.0 Å². The van der Waals surface area contributed by atoms with Gasteiger partial charge in [0.15, 0.2) is 11.6 Å². The van der Waals surface area contributed by atoms with Crippen LogP contribution in [0, 0.1) is 17.2 Å². The second kappa shape index (κ2) is 9.72. The molecule has 10 heteroatoms. The number of carbonyl (C=O) groups is 2. The molecule has 1 fully saturated rings. The highest BCUT2D eigenvalue weighted by molar-refractivity contribution is 7.80. The topological polar surface area (TPSA) is 109 Å². The number of esters is 1. The van der Waals surface area contributed by atoms with Crippen LogP contribution in [0.5, 0.6) is 5.75 Å². The number of thiocarbonyl (C=S) groups is 1. The number of hydrogen-bond donors (Lipinski definition) is 1. The molecule has 1 amide bonds. The van der Waals surface area contributed by atoms with Crippen molar-refractivity contribution in [2.75, 3.05) is 18.6 Å². The van der Waals surface area contributed by atoms with Crippen LogP contribution in [0.3, 0.4) is 0 Å². The molecule has 172 valence electrons. The van der Waals surface area contributed by atoms with Gasteiger partial charge < -0.3 is 19.7 Å². The van der Waals surface area contributed by atoms with E-state index in [1.54, 1.807) is 54.1 Å². The van der Waals surface area contributed by atoms with Crippen molar-refractivity contribution in [3.05, 3.63) is 72.1 Å². The van der Waals surface area contributed by atoms with Gasteiger partial charge in [0.1, 0.15) is 16.9 Å². The van der Waals surface area contributed by atoms with Crippen molar-refractivity contribution in [3.63, 3.8) is 0 Å². The first-order valence-corrected chi connectivity index (χ1v) is 10.9. The lowest BCUT2D eigenvalue weighted by Crippen LogP contribution is -2.55. The summed E-state index contributed by atoms with van der Waals surface area (Å²) in [7, 11) is 1.55. The van der Waals surface area contributed by atoms with Gasteiger partial charge in [0.25, 0.3) is 0 Å². The molecule has 0 radical (unpaired) electrons. The minimum Gasteiger partial charge on any atom is -0.497 e. The summed E-state index contributed by atoms with van der Waals surface area (Å²) < 4.78 is 12.0. The van der Waals surface area contributed by atoms with E-state index in [0.717, 1.165) is 5.69 Å². The van der Waals surface area contributed by atoms with E-state index >= 15 is 0 Å². The highest BCUT2D eigenvalue weighted by Crippen LogP contribution is 2.34. The third kappa shape index (κ3) is 4.21. The van der Waals surface area contributed by atoms with Crippen LogP contribution < -0.4 is 15.0 Å². The fraction of sp³-hybridized carbons (Fsp3) is 0.208. The zero-order chi connectivity index (χ0) is 24.2. The third-order valence-corrected chi connectivity index (χ3v) is 5.72. The lowest BCUT2D eigenvalue weighted by Gasteiger charge is -2.39. The number of benzene rings is 2. The monoisotopic (exact) mass is 475 g/mol. The molecule has 9 nitrogen and oxygen atoms in total. The summed E-state index contributed by atoms with van der Waals surface area (Å²) in [5.74, 6) is -1.72. The maximum absolute atomic E-state index is 12.8. The van der Waals surface area contributed by atoms with Gasteiger partial charge in [-0.3, -0.25) is 4.79 Å². The summed E-state index contributed by atoms with van der Waals surface area (Å²) in [5.41, 5.74) is 1.74. The molecule has 4 rings (SSSR count).